The highest BCUT2D eigenvalue weighted by Gasteiger charge is 2.18. The van der Waals surface area contributed by atoms with Gasteiger partial charge in [0.1, 0.15) is 5.82 Å². The Morgan fingerprint density at radius 2 is 1.82 bits per heavy atom. The molecule has 1 aromatic heterocycles. The number of rotatable bonds is 3. The minimum Gasteiger partial charge on any atom is -0.356 e. The molecule has 2 aromatic rings. The van der Waals surface area contributed by atoms with E-state index in [1.807, 2.05) is 4.90 Å². The maximum absolute atomic E-state index is 12.9. The number of carbonyl (C=O) groups is 1. The third-order valence-electron chi connectivity index (χ3n) is 3.98. The third-order valence-corrected chi connectivity index (χ3v) is 3.98. The Kier molecular flexibility index (Phi) is 4.51. The second kappa shape index (κ2) is 6.73. The first-order valence-electron chi connectivity index (χ1n) is 7.72. The van der Waals surface area contributed by atoms with Crippen LogP contribution in [0.1, 0.15) is 31.4 Å². The summed E-state index contributed by atoms with van der Waals surface area (Å²) < 4.78 is 18.2. The van der Waals surface area contributed by atoms with E-state index in [0.29, 0.717) is 11.5 Å². The molecule has 0 atom stereocenters. The molecule has 0 unspecified atom stereocenters. The van der Waals surface area contributed by atoms with Crippen LogP contribution < -0.4 is 0 Å². The molecule has 0 N–H and O–H groups in total. The summed E-state index contributed by atoms with van der Waals surface area (Å²) in [5.41, 5.74) is 1.37. The Bertz CT molecular complexity index is 628. The SMILES string of the molecule is O=C(Cc1cc(-c2ccc(F)cc2)on1)N1CCCCCC1. The average Bonchev–Trinajstić information content (AvgIpc) is 2.81. The van der Waals surface area contributed by atoms with E-state index < -0.39 is 0 Å². The van der Waals surface area contributed by atoms with Crippen molar-refractivity contribution in [1.29, 1.82) is 0 Å². The van der Waals surface area contributed by atoms with Gasteiger partial charge in [-0.05, 0) is 37.1 Å². The fourth-order valence-corrected chi connectivity index (χ4v) is 2.73. The van der Waals surface area contributed by atoms with E-state index in [1.165, 1.54) is 25.0 Å². The van der Waals surface area contributed by atoms with Gasteiger partial charge in [-0.15, -0.1) is 0 Å². The summed E-state index contributed by atoms with van der Waals surface area (Å²) >= 11 is 0. The topological polar surface area (TPSA) is 46.3 Å². The molecule has 1 aliphatic rings. The zero-order chi connectivity index (χ0) is 15.4. The van der Waals surface area contributed by atoms with Crippen LogP contribution in [0.2, 0.25) is 0 Å². The molecule has 1 aliphatic heterocycles. The second-order valence-corrected chi connectivity index (χ2v) is 5.66. The van der Waals surface area contributed by atoms with Crippen molar-refractivity contribution >= 4 is 5.91 Å². The van der Waals surface area contributed by atoms with Gasteiger partial charge in [0.15, 0.2) is 5.76 Å². The van der Waals surface area contributed by atoms with E-state index in [-0.39, 0.29) is 18.1 Å². The first-order chi connectivity index (χ1) is 10.7. The Balaban J connectivity index is 1.66. The van der Waals surface area contributed by atoms with Crippen molar-refractivity contribution in [2.75, 3.05) is 13.1 Å². The molecule has 0 aliphatic carbocycles. The summed E-state index contributed by atoms with van der Waals surface area (Å²) in [5.74, 6) is 0.361. The number of carbonyl (C=O) groups excluding carboxylic acids is 1. The Labute approximate surface area is 128 Å². The molecule has 1 amide bonds. The van der Waals surface area contributed by atoms with Crippen molar-refractivity contribution in [3.05, 3.63) is 41.8 Å². The Morgan fingerprint density at radius 1 is 1.14 bits per heavy atom. The van der Waals surface area contributed by atoms with Gasteiger partial charge in [-0.1, -0.05) is 18.0 Å². The lowest BCUT2D eigenvalue weighted by atomic mass is 10.1. The standard InChI is InChI=1S/C17H19FN2O2/c18-14-7-5-13(6-8-14)16-11-15(19-22-16)12-17(21)20-9-3-1-2-4-10-20/h5-8,11H,1-4,9-10,12H2. The van der Waals surface area contributed by atoms with E-state index in [2.05, 4.69) is 5.16 Å². The summed E-state index contributed by atoms with van der Waals surface area (Å²) in [5, 5.41) is 3.96. The van der Waals surface area contributed by atoms with Crippen LogP contribution in [0.15, 0.2) is 34.9 Å². The Hall–Kier alpha value is -2.17. The lowest BCUT2D eigenvalue weighted by Gasteiger charge is -2.19. The number of hydrogen-bond donors (Lipinski definition) is 0. The molecular weight excluding hydrogens is 283 g/mol. The number of halogens is 1. The number of aromatic nitrogens is 1. The van der Waals surface area contributed by atoms with Gasteiger partial charge in [0, 0.05) is 24.7 Å². The maximum Gasteiger partial charge on any atom is 0.228 e. The monoisotopic (exact) mass is 302 g/mol. The van der Waals surface area contributed by atoms with Gasteiger partial charge in [-0.25, -0.2) is 4.39 Å². The van der Waals surface area contributed by atoms with Crippen molar-refractivity contribution in [2.45, 2.75) is 32.1 Å². The molecule has 0 radical (unpaired) electrons. The molecule has 1 fully saturated rings. The third kappa shape index (κ3) is 3.53. The van der Waals surface area contributed by atoms with Crippen molar-refractivity contribution in [3.63, 3.8) is 0 Å². The molecule has 0 saturated carbocycles. The van der Waals surface area contributed by atoms with Crippen LogP contribution in [0.3, 0.4) is 0 Å². The van der Waals surface area contributed by atoms with E-state index in [0.717, 1.165) is 31.5 Å². The van der Waals surface area contributed by atoms with Crippen LogP contribution in [0.4, 0.5) is 4.39 Å². The largest absolute Gasteiger partial charge is 0.356 e. The molecule has 22 heavy (non-hydrogen) atoms. The molecule has 1 saturated heterocycles. The van der Waals surface area contributed by atoms with Crippen molar-refractivity contribution in [2.24, 2.45) is 0 Å². The van der Waals surface area contributed by atoms with Gasteiger partial charge >= 0.3 is 0 Å². The molecule has 0 bridgehead atoms. The van der Waals surface area contributed by atoms with Crippen LogP contribution in [-0.4, -0.2) is 29.1 Å². The summed E-state index contributed by atoms with van der Waals surface area (Å²) in [4.78, 5) is 14.2. The first kappa shape index (κ1) is 14.8. The molecular formula is C17H19FN2O2. The number of amides is 1. The molecule has 116 valence electrons. The van der Waals surface area contributed by atoms with E-state index in [1.54, 1.807) is 18.2 Å². The van der Waals surface area contributed by atoms with Crippen LogP contribution in [0, 0.1) is 5.82 Å². The first-order valence-corrected chi connectivity index (χ1v) is 7.72. The fraction of sp³-hybridized carbons (Fsp3) is 0.412. The zero-order valence-electron chi connectivity index (χ0n) is 12.4. The van der Waals surface area contributed by atoms with Gasteiger partial charge in [-0.2, -0.15) is 0 Å². The normalized spacial score (nSPS) is 15.6. The molecule has 2 heterocycles. The number of likely N-dealkylation sites (tertiary alicyclic amines) is 1. The van der Waals surface area contributed by atoms with Gasteiger partial charge in [0.25, 0.3) is 0 Å². The van der Waals surface area contributed by atoms with Crippen LogP contribution in [-0.2, 0) is 11.2 Å². The lowest BCUT2D eigenvalue weighted by Crippen LogP contribution is -2.33. The van der Waals surface area contributed by atoms with Crippen LogP contribution in [0.25, 0.3) is 11.3 Å². The molecule has 0 spiro atoms. The number of hydrogen-bond acceptors (Lipinski definition) is 3. The predicted octanol–water partition coefficient (Wildman–Crippen LogP) is 3.43. The van der Waals surface area contributed by atoms with Gasteiger partial charge < -0.3 is 9.42 Å². The van der Waals surface area contributed by atoms with Gasteiger partial charge in [0.05, 0.1) is 12.1 Å². The van der Waals surface area contributed by atoms with Crippen molar-refractivity contribution < 1.29 is 13.7 Å². The zero-order valence-corrected chi connectivity index (χ0v) is 12.4. The highest BCUT2D eigenvalue weighted by atomic mass is 19.1. The van der Waals surface area contributed by atoms with Crippen LogP contribution >= 0.6 is 0 Å². The summed E-state index contributed by atoms with van der Waals surface area (Å²) in [6.45, 7) is 1.67. The smallest absolute Gasteiger partial charge is 0.228 e. The summed E-state index contributed by atoms with van der Waals surface area (Å²) in [7, 11) is 0. The predicted molar refractivity (Wildman–Crippen MR) is 80.6 cm³/mol. The second-order valence-electron chi connectivity index (χ2n) is 5.66. The molecule has 1 aromatic carbocycles. The van der Waals surface area contributed by atoms with Gasteiger partial charge in [-0.3, -0.25) is 4.79 Å². The highest BCUT2D eigenvalue weighted by Crippen LogP contribution is 2.21. The molecule has 3 rings (SSSR count). The number of benzene rings is 1. The average molecular weight is 302 g/mol. The van der Waals surface area contributed by atoms with Gasteiger partial charge in [0.2, 0.25) is 5.91 Å². The quantitative estimate of drug-likeness (QED) is 0.872. The maximum atomic E-state index is 12.9. The highest BCUT2D eigenvalue weighted by molar-refractivity contribution is 5.78. The Morgan fingerprint density at radius 3 is 2.50 bits per heavy atom. The van der Waals surface area contributed by atoms with Crippen LogP contribution in [0.5, 0.6) is 0 Å². The van der Waals surface area contributed by atoms with E-state index >= 15 is 0 Å². The van der Waals surface area contributed by atoms with Crippen molar-refractivity contribution in [3.8, 4) is 11.3 Å². The lowest BCUT2D eigenvalue weighted by molar-refractivity contribution is -0.130. The minimum absolute atomic E-state index is 0.0980. The molecule has 5 heteroatoms. The van der Waals surface area contributed by atoms with E-state index in [9.17, 15) is 9.18 Å². The summed E-state index contributed by atoms with van der Waals surface area (Å²) in [6.07, 6.45) is 4.80. The van der Waals surface area contributed by atoms with E-state index in [4.69, 9.17) is 4.52 Å². The van der Waals surface area contributed by atoms with Crippen molar-refractivity contribution in [1.82, 2.24) is 10.1 Å². The fourth-order valence-electron chi connectivity index (χ4n) is 2.73. The minimum atomic E-state index is -0.292. The summed E-state index contributed by atoms with van der Waals surface area (Å²) in [6, 6.07) is 7.77. The molecule has 4 nitrogen and oxygen atoms in total. The number of nitrogens with zero attached hydrogens (tertiary/aromatic N) is 2.